The largest absolute Gasteiger partial charge is 0.377 e. The number of Topliss-reactive ketones (excluding diaryl/α,β-unsaturated/α-hetero) is 1. The molecule has 0 unspecified atom stereocenters. The van der Waals surface area contributed by atoms with Gasteiger partial charge in [0.2, 0.25) is 0 Å². The van der Waals surface area contributed by atoms with E-state index in [0.29, 0.717) is 5.56 Å². The molecule has 18 heavy (non-hydrogen) atoms. The third-order valence-corrected chi connectivity index (χ3v) is 3.36. The average Bonchev–Trinajstić information content (AvgIpc) is 2.27. The van der Waals surface area contributed by atoms with Crippen LogP contribution >= 0.6 is 0 Å². The number of benzene rings is 1. The first-order valence-corrected chi connectivity index (χ1v) is 6.03. The zero-order valence-electron chi connectivity index (χ0n) is 11.0. The first-order chi connectivity index (χ1) is 8.39. The summed E-state index contributed by atoms with van der Waals surface area (Å²) in [7, 11) is 0. The molecule has 0 spiro atoms. The highest BCUT2D eigenvalue weighted by atomic mass is 16.5. The maximum Gasteiger partial charge on any atom is 0.187 e. The van der Waals surface area contributed by atoms with Crippen molar-refractivity contribution in [3.8, 4) is 6.07 Å². The zero-order chi connectivity index (χ0) is 13.4. The number of nitrogens with zero attached hydrogens (tertiary/aromatic N) is 1. The highest BCUT2D eigenvalue weighted by Gasteiger charge is 2.46. The quantitative estimate of drug-likeness (QED) is 0.750. The van der Waals surface area contributed by atoms with Crippen molar-refractivity contribution in [3.05, 3.63) is 35.4 Å². The number of rotatable bonds is 2. The highest BCUT2D eigenvalue weighted by molar-refractivity contribution is 6.03. The summed E-state index contributed by atoms with van der Waals surface area (Å²) in [6.07, 6.45) is 0. The number of ketones is 1. The fourth-order valence-corrected chi connectivity index (χ4v) is 1.95. The zero-order valence-corrected chi connectivity index (χ0v) is 11.0. The normalized spacial score (nSPS) is 17.7. The minimum Gasteiger partial charge on any atom is -0.377 e. The standard InChI is InChI=1S/C15H17NO2/c1-14(2,3)12-6-4-11(5-7-12)13(17)15(8-16)9-18-10-15/h4-7H,9-10H2,1-3H3. The Morgan fingerprint density at radius 1 is 1.28 bits per heavy atom. The summed E-state index contributed by atoms with van der Waals surface area (Å²) >= 11 is 0. The van der Waals surface area contributed by atoms with Gasteiger partial charge in [0.25, 0.3) is 0 Å². The van der Waals surface area contributed by atoms with E-state index >= 15 is 0 Å². The molecule has 1 aromatic carbocycles. The van der Waals surface area contributed by atoms with Gasteiger partial charge in [0.05, 0.1) is 19.3 Å². The predicted molar refractivity (Wildman–Crippen MR) is 68.3 cm³/mol. The Labute approximate surface area is 107 Å². The highest BCUT2D eigenvalue weighted by Crippen LogP contribution is 2.31. The molecule has 94 valence electrons. The summed E-state index contributed by atoms with van der Waals surface area (Å²) in [5.41, 5.74) is 0.875. The van der Waals surface area contributed by atoms with Crippen LogP contribution < -0.4 is 0 Å². The van der Waals surface area contributed by atoms with Gasteiger partial charge >= 0.3 is 0 Å². The Hall–Kier alpha value is -1.66. The number of ether oxygens (including phenoxy) is 1. The minimum atomic E-state index is -0.955. The lowest BCUT2D eigenvalue weighted by atomic mass is 9.79. The third kappa shape index (κ3) is 2.04. The van der Waals surface area contributed by atoms with Crippen molar-refractivity contribution in [1.82, 2.24) is 0 Å². The van der Waals surface area contributed by atoms with Crippen molar-refractivity contribution < 1.29 is 9.53 Å². The molecular formula is C15H17NO2. The van der Waals surface area contributed by atoms with Crippen molar-refractivity contribution >= 4 is 5.78 Å². The molecule has 0 radical (unpaired) electrons. The van der Waals surface area contributed by atoms with Gasteiger partial charge in [-0.3, -0.25) is 4.79 Å². The summed E-state index contributed by atoms with van der Waals surface area (Å²) in [6, 6.07) is 9.61. The van der Waals surface area contributed by atoms with Crippen LogP contribution in [0.25, 0.3) is 0 Å². The van der Waals surface area contributed by atoms with E-state index in [1.165, 1.54) is 5.56 Å². The number of carbonyl (C=O) groups excluding carboxylic acids is 1. The fourth-order valence-electron chi connectivity index (χ4n) is 1.95. The van der Waals surface area contributed by atoms with Crippen LogP contribution in [0.3, 0.4) is 0 Å². The topological polar surface area (TPSA) is 50.1 Å². The molecule has 0 aromatic heterocycles. The van der Waals surface area contributed by atoms with Crippen molar-refractivity contribution in [2.24, 2.45) is 5.41 Å². The molecule has 1 aliphatic rings. The summed E-state index contributed by atoms with van der Waals surface area (Å²) in [5, 5.41) is 9.10. The second-order valence-electron chi connectivity index (χ2n) is 5.84. The monoisotopic (exact) mass is 243 g/mol. The summed E-state index contributed by atoms with van der Waals surface area (Å²) in [5.74, 6) is -0.128. The number of hydrogen-bond acceptors (Lipinski definition) is 3. The molecule has 0 atom stereocenters. The van der Waals surface area contributed by atoms with Crippen LogP contribution in [0.5, 0.6) is 0 Å². The molecule has 1 fully saturated rings. The van der Waals surface area contributed by atoms with E-state index in [2.05, 4.69) is 26.8 Å². The first kappa shape index (κ1) is 12.8. The van der Waals surface area contributed by atoms with Crippen LogP contribution in [-0.4, -0.2) is 19.0 Å². The van der Waals surface area contributed by atoms with Crippen LogP contribution in [0.15, 0.2) is 24.3 Å². The lowest BCUT2D eigenvalue weighted by Crippen LogP contribution is -2.47. The summed E-state index contributed by atoms with van der Waals surface area (Å²) < 4.78 is 5.01. The fraction of sp³-hybridized carbons (Fsp3) is 0.467. The maximum atomic E-state index is 12.2. The smallest absolute Gasteiger partial charge is 0.187 e. The molecule has 0 saturated carbocycles. The van der Waals surface area contributed by atoms with Gasteiger partial charge in [0.15, 0.2) is 11.2 Å². The summed E-state index contributed by atoms with van der Waals surface area (Å²) in [4.78, 5) is 12.2. The van der Waals surface area contributed by atoms with E-state index in [1.54, 1.807) is 12.1 Å². The predicted octanol–water partition coefficient (Wildman–Crippen LogP) is 2.71. The molecule has 0 N–H and O–H groups in total. The van der Waals surface area contributed by atoms with Gasteiger partial charge < -0.3 is 4.74 Å². The first-order valence-electron chi connectivity index (χ1n) is 6.03. The van der Waals surface area contributed by atoms with Crippen LogP contribution in [0.1, 0.15) is 36.7 Å². The van der Waals surface area contributed by atoms with Gasteiger partial charge in [-0.15, -0.1) is 0 Å². The van der Waals surface area contributed by atoms with E-state index in [1.807, 2.05) is 12.1 Å². The van der Waals surface area contributed by atoms with Crippen molar-refractivity contribution in [2.75, 3.05) is 13.2 Å². The molecule has 3 heteroatoms. The van der Waals surface area contributed by atoms with Crippen molar-refractivity contribution in [1.29, 1.82) is 5.26 Å². The van der Waals surface area contributed by atoms with Gasteiger partial charge in [-0.1, -0.05) is 45.0 Å². The Morgan fingerprint density at radius 3 is 2.17 bits per heavy atom. The second-order valence-corrected chi connectivity index (χ2v) is 5.84. The molecule has 1 aromatic rings. The second kappa shape index (κ2) is 4.22. The molecular weight excluding hydrogens is 226 g/mol. The van der Waals surface area contributed by atoms with Gasteiger partial charge in [-0.25, -0.2) is 0 Å². The van der Waals surface area contributed by atoms with Crippen LogP contribution in [0.4, 0.5) is 0 Å². The molecule has 2 rings (SSSR count). The third-order valence-electron chi connectivity index (χ3n) is 3.36. The molecule has 1 saturated heterocycles. The molecule has 1 aliphatic heterocycles. The Morgan fingerprint density at radius 2 is 1.83 bits per heavy atom. The van der Waals surface area contributed by atoms with Gasteiger partial charge in [0.1, 0.15) is 0 Å². The van der Waals surface area contributed by atoms with Crippen molar-refractivity contribution in [2.45, 2.75) is 26.2 Å². The van der Waals surface area contributed by atoms with E-state index in [0.717, 1.165) is 0 Å². The average molecular weight is 243 g/mol. The number of nitriles is 1. The molecule has 0 aliphatic carbocycles. The SMILES string of the molecule is CC(C)(C)c1ccc(C(=O)C2(C#N)COC2)cc1. The molecule has 0 bridgehead atoms. The Balaban J connectivity index is 2.26. The number of hydrogen-bond donors (Lipinski definition) is 0. The van der Waals surface area contributed by atoms with E-state index < -0.39 is 5.41 Å². The van der Waals surface area contributed by atoms with Crippen LogP contribution in [0.2, 0.25) is 0 Å². The Bertz CT molecular complexity index is 499. The summed E-state index contributed by atoms with van der Waals surface area (Å²) in [6.45, 7) is 6.80. The molecule has 0 amide bonds. The van der Waals surface area contributed by atoms with Gasteiger partial charge in [0, 0.05) is 5.56 Å². The lowest BCUT2D eigenvalue weighted by Gasteiger charge is -2.33. The molecule has 3 nitrogen and oxygen atoms in total. The van der Waals surface area contributed by atoms with Gasteiger partial charge in [-0.05, 0) is 11.0 Å². The van der Waals surface area contributed by atoms with Crippen LogP contribution in [-0.2, 0) is 10.2 Å². The Kier molecular flexibility index (Phi) is 3.00. The lowest BCUT2D eigenvalue weighted by molar-refractivity contribution is -0.0566. The van der Waals surface area contributed by atoms with E-state index in [-0.39, 0.29) is 24.4 Å². The minimum absolute atomic E-state index is 0.0636. The van der Waals surface area contributed by atoms with E-state index in [9.17, 15) is 4.79 Å². The van der Waals surface area contributed by atoms with Crippen LogP contribution in [0, 0.1) is 16.7 Å². The van der Waals surface area contributed by atoms with Crippen molar-refractivity contribution in [3.63, 3.8) is 0 Å². The molecule has 1 heterocycles. The van der Waals surface area contributed by atoms with Gasteiger partial charge in [-0.2, -0.15) is 5.26 Å². The number of carbonyl (C=O) groups is 1. The maximum absolute atomic E-state index is 12.2. The van der Waals surface area contributed by atoms with E-state index in [4.69, 9.17) is 10.00 Å².